The highest BCUT2D eigenvalue weighted by Crippen LogP contribution is 2.33. The van der Waals surface area contributed by atoms with Crippen molar-refractivity contribution in [1.29, 1.82) is 0 Å². The van der Waals surface area contributed by atoms with Crippen LogP contribution in [0, 0.1) is 24.5 Å². The Kier molecular flexibility index (Phi) is 4.75. The molecule has 1 heterocycles. The second-order valence-electron chi connectivity index (χ2n) is 6.61. The van der Waals surface area contributed by atoms with Crippen LogP contribution >= 0.6 is 11.3 Å². The number of anilines is 2. The molecule has 0 radical (unpaired) electrons. The van der Waals surface area contributed by atoms with E-state index in [1.807, 2.05) is 0 Å². The molecule has 2 aromatic carbocycles. The fourth-order valence-electron chi connectivity index (χ4n) is 2.68. The number of fused-ring (bicyclic) bond motifs is 1. The lowest BCUT2D eigenvalue weighted by atomic mass is 10.1. The zero-order valence-electron chi connectivity index (χ0n) is 14.5. The minimum atomic E-state index is -0.707. The van der Waals surface area contributed by atoms with E-state index in [-0.39, 0.29) is 22.5 Å². The van der Waals surface area contributed by atoms with Gasteiger partial charge in [0, 0.05) is 0 Å². The van der Waals surface area contributed by atoms with E-state index >= 15 is 4.39 Å². The number of nitrogens with zero attached hydrogens (tertiary/aromatic N) is 1. The summed E-state index contributed by atoms with van der Waals surface area (Å²) in [4.78, 5) is 21.8. The highest BCUT2D eigenvalue weighted by atomic mass is 32.1. The van der Waals surface area contributed by atoms with Gasteiger partial charge in [0.25, 0.3) is 5.91 Å². The van der Waals surface area contributed by atoms with Gasteiger partial charge in [-0.15, -0.1) is 11.3 Å². The van der Waals surface area contributed by atoms with E-state index in [1.165, 1.54) is 35.0 Å². The number of amides is 1. The summed E-state index contributed by atoms with van der Waals surface area (Å²) in [6, 6.07) is 6.06. The number of nitrogens with one attached hydrogen (secondary N) is 2. The molecule has 0 spiro atoms. The molecule has 1 aliphatic carbocycles. The minimum absolute atomic E-state index is 0.0278. The summed E-state index contributed by atoms with van der Waals surface area (Å²) in [5, 5.41) is 2.71. The van der Waals surface area contributed by atoms with Gasteiger partial charge in [0.15, 0.2) is 5.82 Å². The first-order valence-electron chi connectivity index (χ1n) is 8.54. The van der Waals surface area contributed by atoms with Gasteiger partial charge in [-0.1, -0.05) is 6.07 Å². The molecule has 0 aliphatic heterocycles. The molecule has 4 rings (SSSR count). The Labute approximate surface area is 158 Å². The van der Waals surface area contributed by atoms with Crippen molar-refractivity contribution in [1.82, 2.24) is 10.5 Å². The molecule has 0 atom stereocenters. The van der Waals surface area contributed by atoms with Crippen LogP contribution in [0.1, 0.15) is 28.8 Å². The van der Waals surface area contributed by atoms with Crippen molar-refractivity contribution in [2.24, 2.45) is 5.92 Å². The maximum atomic E-state index is 15.0. The second kappa shape index (κ2) is 7.21. The van der Waals surface area contributed by atoms with E-state index in [4.69, 9.17) is 4.84 Å². The maximum absolute atomic E-state index is 15.0. The van der Waals surface area contributed by atoms with Crippen LogP contribution in [0.3, 0.4) is 0 Å². The molecule has 1 fully saturated rings. The third kappa shape index (κ3) is 3.77. The number of aryl methyl sites for hydroxylation is 1. The highest BCUT2D eigenvalue weighted by molar-refractivity contribution is 7.16. The number of aromatic nitrogens is 1. The van der Waals surface area contributed by atoms with Crippen molar-refractivity contribution < 1.29 is 18.4 Å². The van der Waals surface area contributed by atoms with Crippen molar-refractivity contribution in [3.63, 3.8) is 0 Å². The molecule has 0 unspecified atom stereocenters. The largest absolute Gasteiger partial charge is 0.350 e. The van der Waals surface area contributed by atoms with Crippen molar-refractivity contribution >= 4 is 38.8 Å². The van der Waals surface area contributed by atoms with Crippen molar-refractivity contribution in [3.8, 4) is 0 Å². The number of benzene rings is 2. The summed E-state index contributed by atoms with van der Waals surface area (Å²) >= 11 is 1.22. The number of thiazole rings is 1. The molecule has 0 saturated heterocycles. The van der Waals surface area contributed by atoms with E-state index < -0.39 is 17.5 Å². The minimum Gasteiger partial charge on any atom is -0.350 e. The number of hydroxylamine groups is 1. The third-order valence-corrected chi connectivity index (χ3v) is 5.15. The van der Waals surface area contributed by atoms with Gasteiger partial charge < -0.3 is 5.32 Å². The van der Waals surface area contributed by atoms with Gasteiger partial charge in [0.2, 0.25) is 0 Å². The molecular weight excluding hydrogens is 372 g/mol. The molecule has 27 heavy (non-hydrogen) atoms. The maximum Gasteiger partial charge on any atom is 0.277 e. The van der Waals surface area contributed by atoms with Crippen LogP contribution in [0.5, 0.6) is 0 Å². The molecular formula is C19H17F2N3O2S. The Morgan fingerprint density at radius 1 is 1.33 bits per heavy atom. The Morgan fingerprint density at radius 2 is 2.15 bits per heavy atom. The Morgan fingerprint density at radius 3 is 2.89 bits per heavy atom. The first-order valence-corrected chi connectivity index (χ1v) is 9.42. The monoisotopic (exact) mass is 389 g/mol. The van der Waals surface area contributed by atoms with Crippen molar-refractivity contribution in [2.45, 2.75) is 19.8 Å². The number of hydrogen-bond acceptors (Lipinski definition) is 5. The van der Waals surface area contributed by atoms with Crippen LogP contribution in [-0.2, 0) is 4.84 Å². The quantitative estimate of drug-likeness (QED) is 0.600. The summed E-state index contributed by atoms with van der Waals surface area (Å²) in [6.07, 6.45) is 2.16. The molecule has 0 bridgehead atoms. The molecule has 1 saturated carbocycles. The SMILES string of the molecule is Cc1ccc(Nc2c(C(=O)NOCC3CC3)cc3scnc3c2F)c(F)c1. The van der Waals surface area contributed by atoms with Crippen molar-refractivity contribution in [3.05, 3.63) is 52.5 Å². The Balaban J connectivity index is 1.69. The smallest absolute Gasteiger partial charge is 0.277 e. The lowest BCUT2D eigenvalue weighted by Gasteiger charge is -2.14. The van der Waals surface area contributed by atoms with Gasteiger partial charge in [-0.05, 0) is 49.4 Å². The number of carbonyl (C=O) groups excluding carboxylic acids is 1. The summed E-state index contributed by atoms with van der Waals surface area (Å²) in [6.45, 7) is 2.18. The highest BCUT2D eigenvalue weighted by Gasteiger charge is 2.24. The van der Waals surface area contributed by atoms with Gasteiger partial charge in [-0.2, -0.15) is 0 Å². The van der Waals surface area contributed by atoms with E-state index in [2.05, 4.69) is 15.8 Å². The third-order valence-electron chi connectivity index (χ3n) is 4.38. The fourth-order valence-corrected chi connectivity index (χ4v) is 3.40. The van der Waals surface area contributed by atoms with Crippen molar-refractivity contribution in [2.75, 3.05) is 11.9 Å². The predicted molar refractivity (Wildman–Crippen MR) is 100 cm³/mol. The summed E-state index contributed by atoms with van der Waals surface area (Å²) in [5.41, 5.74) is 4.67. The van der Waals surface area contributed by atoms with Gasteiger partial charge in [-0.3, -0.25) is 9.63 Å². The Bertz CT molecular complexity index is 1020. The topological polar surface area (TPSA) is 63.2 Å². The summed E-state index contributed by atoms with van der Waals surface area (Å²) in [7, 11) is 0. The van der Waals surface area contributed by atoms with Crippen LogP contribution in [0.25, 0.3) is 10.2 Å². The van der Waals surface area contributed by atoms with Gasteiger partial charge in [0.1, 0.15) is 11.3 Å². The lowest BCUT2D eigenvalue weighted by molar-refractivity contribution is 0.0271. The molecule has 3 aromatic rings. The zero-order chi connectivity index (χ0) is 19.0. The fraction of sp³-hybridized carbons (Fsp3) is 0.263. The summed E-state index contributed by atoms with van der Waals surface area (Å²) in [5.74, 6) is -1.38. The van der Waals surface area contributed by atoms with Gasteiger partial charge in [-0.25, -0.2) is 19.2 Å². The van der Waals surface area contributed by atoms with Crippen LogP contribution in [-0.4, -0.2) is 17.5 Å². The van der Waals surface area contributed by atoms with E-state index in [0.717, 1.165) is 18.4 Å². The standard InChI is InChI=1S/C19H17F2N3O2S/c1-10-2-5-14(13(20)6-10)23-17-12(19(25)24-26-8-11-3-4-11)7-15-18(16(17)21)22-9-27-15/h2,5-7,9,11,23H,3-4,8H2,1H3,(H,24,25). The van der Waals surface area contributed by atoms with Crippen LogP contribution in [0.2, 0.25) is 0 Å². The number of rotatable bonds is 6. The predicted octanol–water partition coefficient (Wildman–Crippen LogP) is 4.70. The van der Waals surface area contributed by atoms with Crippen LogP contribution < -0.4 is 10.8 Å². The number of halogens is 2. The van der Waals surface area contributed by atoms with Gasteiger partial charge in [0.05, 0.1) is 33.8 Å². The van der Waals surface area contributed by atoms with E-state index in [9.17, 15) is 9.18 Å². The van der Waals surface area contributed by atoms with E-state index in [0.29, 0.717) is 17.2 Å². The zero-order valence-corrected chi connectivity index (χ0v) is 15.3. The Hall–Kier alpha value is -2.58. The normalized spacial score (nSPS) is 13.7. The van der Waals surface area contributed by atoms with Crippen LogP contribution in [0.4, 0.5) is 20.2 Å². The van der Waals surface area contributed by atoms with Crippen LogP contribution in [0.15, 0.2) is 29.8 Å². The lowest BCUT2D eigenvalue weighted by Crippen LogP contribution is -2.26. The van der Waals surface area contributed by atoms with E-state index in [1.54, 1.807) is 13.0 Å². The molecule has 5 nitrogen and oxygen atoms in total. The first-order chi connectivity index (χ1) is 13.0. The molecule has 1 amide bonds. The first kappa shape index (κ1) is 17.8. The molecule has 2 N–H and O–H groups in total. The average Bonchev–Trinajstić information content (AvgIpc) is 3.33. The molecule has 8 heteroatoms. The second-order valence-corrected chi connectivity index (χ2v) is 7.49. The number of carbonyl (C=O) groups is 1. The van der Waals surface area contributed by atoms with Gasteiger partial charge >= 0.3 is 0 Å². The molecule has 1 aromatic heterocycles. The molecule has 1 aliphatic rings. The average molecular weight is 389 g/mol. The molecule has 140 valence electrons. The number of hydrogen-bond donors (Lipinski definition) is 2. The summed E-state index contributed by atoms with van der Waals surface area (Å²) < 4.78 is 29.8.